The molecule has 0 aromatic heterocycles. The van der Waals surface area contributed by atoms with Crippen molar-refractivity contribution >= 4 is 34.8 Å². The molecule has 10 heavy (non-hydrogen) atoms. The number of rotatable bonds is 0. The van der Waals surface area contributed by atoms with Gasteiger partial charge in [0.15, 0.2) is 0 Å². The van der Waals surface area contributed by atoms with Crippen LogP contribution in [0.2, 0.25) is 0 Å². The van der Waals surface area contributed by atoms with Crippen LogP contribution >= 0.6 is 24.4 Å². The molecule has 0 radical (unpaired) electrons. The van der Waals surface area contributed by atoms with Gasteiger partial charge in [-0.2, -0.15) is 0 Å². The molecule has 4 heteroatoms. The Morgan fingerprint density at radius 3 is 0.700 bits per heavy atom. The quantitative estimate of drug-likeness (QED) is 0.441. The van der Waals surface area contributed by atoms with Gasteiger partial charge in [0, 0.05) is 0 Å². The number of thiocarbonyl (C=S) groups is 2. The first-order valence-corrected chi connectivity index (χ1v) is 1.72. The monoisotopic (exact) mass is 182 g/mol. The molecule has 0 aliphatic rings. The topological polar surface area (TPSA) is 47.7 Å². The van der Waals surface area contributed by atoms with Gasteiger partial charge in [0.2, 0.25) is 0 Å². The zero-order valence-electron chi connectivity index (χ0n) is 2.82. The summed E-state index contributed by atoms with van der Waals surface area (Å²) < 4.78 is 0. The zero-order chi connectivity index (χ0) is 5.41. The Labute approximate surface area is 75.7 Å². The second-order valence-electron chi connectivity index (χ2n) is 0.204. The molecule has 0 rings (SSSR count). The summed E-state index contributed by atoms with van der Waals surface area (Å²) >= 11 is 7.62. The Morgan fingerprint density at radius 2 is 0.700 bits per heavy atom. The molecule has 0 saturated heterocycles. The summed E-state index contributed by atoms with van der Waals surface area (Å²) in [6.07, 6.45) is 0. The minimum atomic E-state index is 0. The van der Waals surface area contributed by atoms with Crippen LogP contribution in [0.4, 0.5) is 0 Å². The molecular weight excluding hydrogens is 164 g/mol. The molecule has 0 amide bonds. The van der Waals surface area contributed by atoms with Crippen LogP contribution in [-0.2, 0) is 0 Å². The highest BCUT2D eigenvalue weighted by Gasteiger charge is 0.978. The van der Waals surface area contributed by atoms with E-state index in [1.165, 1.54) is 0 Å². The summed E-state index contributed by atoms with van der Waals surface area (Å²) in [7, 11) is 0. The van der Waals surface area contributed by atoms with Gasteiger partial charge in [-0.05, 0) is 24.4 Å². The summed E-state index contributed by atoms with van der Waals surface area (Å²) in [6.45, 7) is 0. The fourth-order valence-electron chi connectivity index (χ4n) is 0. The van der Waals surface area contributed by atoms with E-state index in [0.717, 1.165) is 0 Å². The molecule has 0 spiro atoms. The van der Waals surface area contributed by atoms with Gasteiger partial charge in [-0.25, -0.2) is 10.8 Å². The van der Waals surface area contributed by atoms with Gasteiger partial charge in [-0.3, -0.25) is 0 Å². The lowest BCUT2D eigenvalue weighted by molar-refractivity contribution is 1.61. The molecule has 0 unspecified atom stereocenters. The van der Waals surface area contributed by atoms with Crippen molar-refractivity contribution in [3.63, 3.8) is 0 Å². The van der Waals surface area contributed by atoms with Crippen molar-refractivity contribution in [2.45, 2.75) is 29.7 Å². The van der Waals surface area contributed by atoms with Gasteiger partial charge >= 0.3 is 0 Å². The molecular formula is C6H18N2S2. The van der Waals surface area contributed by atoms with Gasteiger partial charge < -0.3 is 0 Å². The average Bonchev–Trinajstić information content (AvgIpc) is 1.39. The second-order valence-corrected chi connectivity index (χ2v) is 0.612. The van der Waals surface area contributed by atoms with E-state index in [-0.39, 0.29) is 29.7 Å². The molecule has 0 heterocycles. The summed E-state index contributed by atoms with van der Waals surface area (Å²) in [6, 6.07) is 0. The van der Waals surface area contributed by atoms with Crippen molar-refractivity contribution in [1.82, 2.24) is 0 Å². The van der Waals surface area contributed by atoms with E-state index in [4.69, 9.17) is 10.8 Å². The highest BCUT2D eigenvalue weighted by molar-refractivity contribution is 7.78. The molecule has 0 aromatic rings. The van der Waals surface area contributed by atoms with Crippen LogP contribution < -0.4 is 0 Å². The Bertz CT molecular complexity index is 67.7. The number of nitrogens with one attached hydrogen (secondary N) is 2. The molecule has 2 N–H and O–H groups in total. The maximum atomic E-state index is 5.77. The van der Waals surface area contributed by atoms with E-state index >= 15 is 0 Å². The lowest BCUT2D eigenvalue weighted by Crippen LogP contribution is -1.03. The maximum absolute atomic E-state index is 5.77. The first kappa shape index (κ1) is 54.8. The van der Waals surface area contributed by atoms with Crippen molar-refractivity contribution in [2.75, 3.05) is 0 Å². The van der Waals surface area contributed by atoms with Crippen LogP contribution in [0.15, 0.2) is 0 Å². The average molecular weight is 182 g/mol. The first-order valence-electron chi connectivity index (χ1n) is 0.908. The summed E-state index contributed by atoms with van der Waals surface area (Å²) in [5.41, 5.74) is 0. The fourth-order valence-corrected chi connectivity index (χ4v) is 0. The van der Waals surface area contributed by atoms with Crippen molar-refractivity contribution < 1.29 is 0 Å². The van der Waals surface area contributed by atoms with Crippen LogP contribution in [0.5, 0.6) is 0 Å². The molecule has 0 aliphatic carbocycles. The smallest absolute Gasteiger partial charge is 0.0554 e. The van der Waals surface area contributed by atoms with E-state index in [9.17, 15) is 0 Å². The molecule has 0 atom stereocenters. The second kappa shape index (κ2) is 194. The Hall–Kier alpha value is -0.400. The third-order valence-corrected chi connectivity index (χ3v) is 0. The SMILES string of the molecule is C.C.C.C.N=C=S.N=C=S. The Morgan fingerprint density at radius 1 is 0.700 bits per heavy atom. The third-order valence-electron chi connectivity index (χ3n) is 0. The summed E-state index contributed by atoms with van der Waals surface area (Å²) in [5.74, 6) is 0. The highest BCUT2D eigenvalue weighted by Crippen LogP contribution is 1.16. The normalized spacial score (nSPS) is 1.60. The Balaban J connectivity index is -0.00000000571. The predicted molar refractivity (Wildman–Crippen MR) is 57.6 cm³/mol. The maximum Gasteiger partial charge on any atom is 0.0554 e. The van der Waals surface area contributed by atoms with Crippen LogP contribution in [0.25, 0.3) is 0 Å². The zero-order valence-corrected chi connectivity index (χ0v) is 4.45. The lowest BCUT2D eigenvalue weighted by atomic mass is 11.8. The molecule has 0 saturated carbocycles. The van der Waals surface area contributed by atoms with E-state index < -0.39 is 0 Å². The van der Waals surface area contributed by atoms with Gasteiger partial charge in [0.25, 0.3) is 0 Å². The first-order chi connectivity index (χ1) is 2.83. The predicted octanol–water partition coefficient (Wildman–Crippen LogP) is 3.88. The number of hydrogen-bond donors (Lipinski definition) is 2. The van der Waals surface area contributed by atoms with E-state index in [1.54, 1.807) is 10.3 Å². The molecule has 64 valence electrons. The van der Waals surface area contributed by atoms with Gasteiger partial charge in [0.05, 0.1) is 10.3 Å². The van der Waals surface area contributed by atoms with Gasteiger partial charge in [0.1, 0.15) is 0 Å². The van der Waals surface area contributed by atoms with E-state index in [0.29, 0.717) is 0 Å². The Kier molecular flexibility index (Phi) is 1060. The van der Waals surface area contributed by atoms with Crippen molar-refractivity contribution in [3.05, 3.63) is 0 Å². The van der Waals surface area contributed by atoms with Crippen molar-refractivity contribution in [2.24, 2.45) is 0 Å². The van der Waals surface area contributed by atoms with Gasteiger partial charge in [-0.15, -0.1) is 0 Å². The highest BCUT2D eigenvalue weighted by atomic mass is 32.1. The third kappa shape index (κ3) is 2070. The van der Waals surface area contributed by atoms with E-state index in [1.807, 2.05) is 0 Å². The standard InChI is InChI=1S/2CHNS.4CH4/c2*2-1-3;;;;/h2*2H;4*1H4. The summed E-state index contributed by atoms with van der Waals surface area (Å²) in [5, 5.41) is 14.7. The summed E-state index contributed by atoms with van der Waals surface area (Å²) in [4.78, 5) is 0. The van der Waals surface area contributed by atoms with Crippen LogP contribution in [0.1, 0.15) is 29.7 Å². The number of hydrogen-bond acceptors (Lipinski definition) is 4. The van der Waals surface area contributed by atoms with Crippen LogP contribution in [-0.4, -0.2) is 10.3 Å². The molecule has 2 nitrogen and oxygen atoms in total. The van der Waals surface area contributed by atoms with Crippen molar-refractivity contribution in [3.8, 4) is 0 Å². The largest absolute Gasteiger partial charge is 0.248 e. The van der Waals surface area contributed by atoms with Crippen molar-refractivity contribution in [1.29, 1.82) is 10.8 Å². The minimum Gasteiger partial charge on any atom is -0.248 e. The number of isothiocyanates is 2. The van der Waals surface area contributed by atoms with E-state index in [2.05, 4.69) is 24.4 Å². The molecule has 0 aromatic carbocycles. The van der Waals surface area contributed by atoms with Crippen LogP contribution in [0, 0.1) is 10.8 Å². The van der Waals surface area contributed by atoms with Crippen LogP contribution in [0.3, 0.4) is 0 Å². The fraction of sp³-hybridized carbons (Fsp3) is 0.667. The molecule has 0 fully saturated rings. The molecule has 0 bridgehead atoms. The molecule has 0 aliphatic heterocycles. The lowest BCUT2D eigenvalue weighted by Gasteiger charge is -1.05. The minimum absolute atomic E-state index is 0. The van der Waals surface area contributed by atoms with Gasteiger partial charge in [-0.1, -0.05) is 29.7 Å².